The molecule has 1 atom stereocenters. The summed E-state index contributed by atoms with van der Waals surface area (Å²) >= 11 is 5.91. The number of imidazole rings is 1. The van der Waals surface area contributed by atoms with Gasteiger partial charge in [-0.05, 0) is 55.3 Å². The number of amides is 3. The number of carbonyl (C=O) groups is 3. The first kappa shape index (κ1) is 23.9. The third kappa shape index (κ3) is 5.95. The van der Waals surface area contributed by atoms with Crippen LogP contribution in [0.2, 0.25) is 5.02 Å². The maximum Gasteiger partial charge on any atom is 0.276 e. The van der Waals surface area contributed by atoms with Gasteiger partial charge in [-0.1, -0.05) is 25.4 Å². The molecule has 3 amide bonds. The van der Waals surface area contributed by atoms with Crippen LogP contribution >= 0.6 is 11.6 Å². The maximum atomic E-state index is 13.2. The van der Waals surface area contributed by atoms with Gasteiger partial charge < -0.3 is 20.9 Å². The highest BCUT2D eigenvalue weighted by molar-refractivity contribution is 6.34. The number of hydrogen-bond acceptors (Lipinski definition) is 4. The largest absolute Gasteiger partial charge is 0.348 e. The van der Waals surface area contributed by atoms with Gasteiger partial charge in [-0.2, -0.15) is 0 Å². The Kier molecular flexibility index (Phi) is 7.44. The number of H-pyrrole nitrogens is 1. The Morgan fingerprint density at radius 1 is 0.939 bits per heavy atom. The lowest BCUT2D eigenvalue weighted by Crippen LogP contribution is -2.37. The molecule has 3 aromatic rings. The van der Waals surface area contributed by atoms with E-state index in [0.717, 1.165) is 12.1 Å². The summed E-state index contributed by atoms with van der Waals surface area (Å²) in [4.78, 5) is 44.1. The predicted molar refractivity (Wildman–Crippen MR) is 124 cm³/mol. The minimum Gasteiger partial charge on any atom is -0.348 e. The van der Waals surface area contributed by atoms with Crippen LogP contribution in [-0.2, 0) is 0 Å². The molecule has 0 aliphatic carbocycles. The molecular weight excluding hydrogens is 449 g/mol. The molecule has 3 rings (SSSR count). The van der Waals surface area contributed by atoms with E-state index in [2.05, 4.69) is 25.9 Å². The predicted octanol–water partition coefficient (Wildman–Crippen LogP) is 4.48. The first-order chi connectivity index (χ1) is 15.7. The Bertz CT molecular complexity index is 1180. The minimum atomic E-state index is -0.562. The highest BCUT2D eigenvalue weighted by Gasteiger charge is 2.22. The van der Waals surface area contributed by atoms with Gasteiger partial charge >= 0.3 is 0 Å². The topological polar surface area (TPSA) is 116 Å². The third-order valence-electron chi connectivity index (χ3n) is 5.02. The molecule has 0 fully saturated rings. The Labute approximate surface area is 194 Å². The van der Waals surface area contributed by atoms with E-state index in [9.17, 15) is 18.8 Å². The fraction of sp³-hybridized carbons (Fsp3) is 0.217. The van der Waals surface area contributed by atoms with Gasteiger partial charge in [-0.3, -0.25) is 14.4 Å². The number of rotatable bonds is 7. The van der Waals surface area contributed by atoms with Crippen LogP contribution in [-0.4, -0.2) is 33.7 Å². The van der Waals surface area contributed by atoms with Gasteiger partial charge in [0, 0.05) is 17.4 Å². The molecule has 172 valence electrons. The molecule has 4 N–H and O–H groups in total. The van der Waals surface area contributed by atoms with Crippen molar-refractivity contribution in [1.82, 2.24) is 15.3 Å². The molecule has 10 heteroatoms. The standard InChI is InChI=1S/C23H23ClFN5O3/c1-12(2)13(3)28-22(32)19-20(27-11-26-19)23(33)30-16-7-5-15(6-8-16)29-21(31)17-9-4-14(25)10-18(17)24/h4-13H,1-3H3,(H,26,27)(H,28,32)(H,29,31)(H,30,33)/t13-/m1/s1. The molecule has 0 radical (unpaired) electrons. The van der Waals surface area contributed by atoms with Crippen LogP contribution in [0.3, 0.4) is 0 Å². The summed E-state index contributed by atoms with van der Waals surface area (Å²) in [5.41, 5.74) is 1.04. The monoisotopic (exact) mass is 471 g/mol. The smallest absolute Gasteiger partial charge is 0.276 e. The Hall–Kier alpha value is -3.72. The van der Waals surface area contributed by atoms with E-state index in [1.165, 1.54) is 12.4 Å². The fourth-order valence-electron chi connectivity index (χ4n) is 2.78. The Balaban J connectivity index is 1.65. The Morgan fingerprint density at radius 2 is 1.55 bits per heavy atom. The SMILES string of the molecule is CC(C)[C@@H](C)NC(=O)c1[nH]cnc1C(=O)Nc1ccc(NC(=O)c2ccc(F)cc2Cl)cc1. The zero-order chi connectivity index (χ0) is 24.1. The maximum absolute atomic E-state index is 13.2. The van der Waals surface area contributed by atoms with E-state index in [1.54, 1.807) is 24.3 Å². The summed E-state index contributed by atoms with van der Waals surface area (Å²) in [6.07, 6.45) is 1.28. The minimum absolute atomic E-state index is 0.00184. The van der Waals surface area contributed by atoms with Gasteiger partial charge in [0.05, 0.1) is 16.9 Å². The lowest BCUT2D eigenvalue weighted by molar-refractivity contribution is 0.0914. The van der Waals surface area contributed by atoms with Crippen molar-refractivity contribution < 1.29 is 18.8 Å². The first-order valence-corrected chi connectivity index (χ1v) is 10.6. The molecule has 0 aliphatic heterocycles. The van der Waals surface area contributed by atoms with Gasteiger partial charge in [-0.15, -0.1) is 0 Å². The molecular formula is C23H23ClFN5O3. The summed E-state index contributed by atoms with van der Waals surface area (Å²) < 4.78 is 13.2. The number of nitrogens with zero attached hydrogens (tertiary/aromatic N) is 1. The molecule has 1 aromatic heterocycles. The highest BCUT2D eigenvalue weighted by Crippen LogP contribution is 2.20. The average molecular weight is 472 g/mol. The number of benzene rings is 2. The van der Waals surface area contributed by atoms with Crippen LogP contribution in [0.1, 0.15) is 52.1 Å². The molecule has 0 saturated carbocycles. The highest BCUT2D eigenvalue weighted by atomic mass is 35.5. The summed E-state index contributed by atoms with van der Waals surface area (Å²) in [5, 5.41) is 8.14. The van der Waals surface area contributed by atoms with E-state index >= 15 is 0 Å². The van der Waals surface area contributed by atoms with Gasteiger partial charge in [0.15, 0.2) is 5.69 Å². The summed E-state index contributed by atoms with van der Waals surface area (Å²) in [6, 6.07) is 9.72. The molecule has 0 spiro atoms. The van der Waals surface area contributed by atoms with Gasteiger partial charge in [0.1, 0.15) is 11.5 Å². The lowest BCUT2D eigenvalue weighted by atomic mass is 10.1. The average Bonchev–Trinajstić information content (AvgIpc) is 3.25. The van der Waals surface area contributed by atoms with Crippen LogP contribution in [0.15, 0.2) is 48.8 Å². The third-order valence-corrected chi connectivity index (χ3v) is 5.33. The van der Waals surface area contributed by atoms with Crippen LogP contribution < -0.4 is 16.0 Å². The van der Waals surface area contributed by atoms with Crippen molar-refractivity contribution >= 4 is 40.7 Å². The molecule has 33 heavy (non-hydrogen) atoms. The molecule has 8 nitrogen and oxygen atoms in total. The summed E-state index contributed by atoms with van der Waals surface area (Å²) in [6.45, 7) is 5.83. The fourth-order valence-corrected chi connectivity index (χ4v) is 3.04. The van der Waals surface area contributed by atoms with Crippen molar-refractivity contribution in [2.45, 2.75) is 26.8 Å². The zero-order valence-electron chi connectivity index (χ0n) is 18.2. The molecule has 0 saturated heterocycles. The van der Waals surface area contributed by atoms with Crippen molar-refractivity contribution in [3.05, 3.63) is 76.6 Å². The van der Waals surface area contributed by atoms with E-state index in [0.29, 0.717) is 11.4 Å². The van der Waals surface area contributed by atoms with Crippen molar-refractivity contribution in [1.29, 1.82) is 0 Å². The van der Waals surface area contributed by atoms with E-state index in [1.807, 2.05) is 20.8 Å². The second-order valence-electron chi connectivity index (χ2n) is 7.74. The second kappa shape index (κ2) is 10.3. The second-order valence-corrected chi connectivity index (χ2v) is 8.15. The number of aromatic amines is 1. The van der Waals surface area contributed by atoms with Crippen molar-refractivity contribution in [3.8, 4) is 0 Å². The van der Waals surface area contributed by atoms with Gasteiger partial charge in [0.25, 0.3) is 17.7 Å². The van der Waals surface area contributed by atoms with Crippen LogP contribution in [0.25, 0.3) is 0 Å². The molecule has 0 aliphatic rings. The van der Waals surface area contributed by atoms with Crippen LogP contribution in [0.5, 0.6) is 0 Å². The number of carbonyl (C=O) groups excluding carboxylic acids is 3. The van der Waals surface area contributed by atoms with Gasteiger partial charge in [0.2, 0.25) is 0 Å². The van der Waals surface area contributed by atoms with Crippen molar-refractivity contribution in [3.63, 3.8) is 0 Å². The summed E-state index contributed by atoms with van der Waals surface area (Å²) in [7, 11) is 0. The summed E-state index contributed by atoms with van der Waals surface area (Å²) in [5.74, 6) is -1.79. The number of hydrogen-bond donors (Lipinski definition) is 4. The van der Waals surface area contributed by atoms with Crippen LogP contribution in [0, 0.1) is 11.7 Å². The quantitative estimate of drug-likeness (QED) is 0.406. The number of anilines is 2. The van der Waals surface area contributed by atoms with Crippen molar-refractivity contribution in [2.24, 2.45) is 5.92 Å². The molecule has 2 aromatic carbocycles. The molecule has 0 bridgehead atoms. The van der Waals surface area contributed by atoms with E-state index < -0.39 is 23.5 Å². The Morgan fingerprint density at radius 3 is 2.12 bits per heavy atom. The van der Waals surface area contributed by atoms with E-state index in [4.69, 9.17) is 11.6 Å². The zero-order valence-corrected chi connectivity index (χ0v) is 19.0. The first-order valence-electron chi connectivity index (χ1n) is 10.2. The number of nitrogens with one attached hydrogen (secondary N) is 4. The lowest BCUT2D eigenvalue weighted by Gasteiger charge is -2.17. The van der Waals surface area contributed by atoms with E-state index in [-0.39, 0.29) is 33.9 Å². The number of aromatic nitrogens is 2. The van der Waals surface area contributed by atoms with Crippen LogP contribution in [0.4, 0.5) is 15.8 Å². The molecule has 0 unspecified atom stereocenters. The molecule has 1 heterocycles. The number of halogens is 2. The van der Waals surface area contributed by atoms with Crippen molar-refractivity contribution in [2.75, 3.05) is 10.6 Å². The van der Waals surface area contributed by atoms with Gasteiger partial charge in [-0.25, -0.2) is 9.37 Å². The normalized spacial score (nSPS) is 11.7.